The Hall–Kier alpha value is -1.40. The number of hydrogen-bond donors (Lipinski definition) is 2. The summed E-state index contributed by atoms with van der Waals surface area (Å²) in [7, 11) is 0. The largest absolute Gasteiger partial charge is 0.377 e. The summed E-state index contributed by atoms with van der Waals surface area (Å²) < 4.78 is 5.33. The summed E-state index contributed by atoms with van der Waals surface area (Å²) >= 11 is 1.69. The number of aromatic nitrogens is 1. The molecule has 5 nitrogen and oxygen atoms in total. The van der Waals surface area contributed by atoms with Gasteiger partial charge in [0, 0.05) is 18.5 Å². The zero-order valence-corrected chi connectivity index (χ0v) is 15.2. The van der Waals surface area contributed by atoms with Crippen LogP contribution in [0, 0.1) is 0 Å². The Morgan fingerprint density at radius 1 is 1.43 bits per heavy atom. The van der Waals surface area contributed by atoms with Gasteiger partial charge in [0.05, 0.1) is 25.5 Å². The molecule has 0 aliphatic carbocycles. The maximum absolute atomic E-state index is 5.33. The van der Waals surface area contributed by atoms with Gasteiger partial charge in [-0.1, -0.05) is 25.5 Å². The normalized spacial score (nSPS) is 15.7. The molecule has 2 rings (SSSR count). The second-order valence-corrected chi connectivity index (χ2v) is 6.82. The molecular formula is C17H28N4OS. The molecule has 0 fully saturated rings. The third-order valence-corrected chi connectivity index (χ3v) is 4.53. The van der Waals surface area contributed by atoms with Gasteiger partial charge in [-0.25, -0.2) is 9.98 Å². The Morgan fingerprint density at radius 3 is 2.96 bits per heavy atom. The molecule has 1 aliphatic rings. The lowest BCUT2D eigenvalue weighted by Crippen LogP contribution is -2.38. The van der Waals surface area contributed by atoms with Gasteiger partial charge in [0.2, 0.25) is 0 Å². The molecule has 0 atom stereocenters. The van der Waals surface area contributed by atoms with Crippen LogP contribution in [0.25, 0.3) is 0 Å². The van der Waals surface area contributed by atoms with Crippen molar-refractivity contribution < 1.29 is 4.74 Å². The van der Waals surface area contributed by atoms with E-state index in [0.717, 1.165) is 55.8 Å². The summed E-state index contributed by atoms with van der Waals surface area (Å²) in [6, 6.07) is 0. The molecule has 0 radical (unpaired) electrons. The van der Waals surface area contributed by atoms with Crippen molar-refractivity contribution in [1.29, 1.82) is 0 Å². The molecule has 0 unspecified atom stereocenters. The first-order valence-corrected chi connectivity index (χ1v) is 9.29. The second kappa shape index (κ2) is 9.67. The van der Waals surface area contributed by atoms with Crippen LogP contribution in [0.2, 0.25) is 0 Å². The number of aliphatic imine (C=N–C) groups is 1. The Kier molecular flexibility index (Phi) is 7.55. The van der Waals surface area contributed by atoms with Crippen LogP contribution in [-0.4, -0.2) is 37.2 Å². The van der Waals surface area contributed by atoms with E-state index in [1.54, 1.807) is 11.3 Å². The Bertz CT molecular complexity index is 536. The summed E-state index contributed by atoms with van der Waals surface area (Å²) in [6.45, 7) is 10.4. The predicted octanol–water partition coefficient (Wildman–Crippen LogP) is 3.06. The zero-order valence-electron chi connectivity index (χ0n) is 14.4. The van der Waals surface area contributed by atoms with Gasteiger partial charge in [-0.15, -0.1) is 11.3 Å². The number of thiazole rings is 1. The van der Waals surface area contributed by atoms with Crippen LogP contribution in [0.5, 0.6) is 0 Å². The smallest absolute Gasteiger partial charge is 0.191 e. The molecule has 0 aromatic carbocycles. The molecule has 0 amide bonds. The van der Waals surface area contributed by atoms with Gasteiger partial charge in [0.1, 0.15) is 5.01 Å². The molecule has 2 N–H and O–H groups in total. The minimum absolute atomic E-state index is 0.475. The Balaban J connectivity index is 1.82. The Morgan fingerprint density at radius 2 is 2.30 bits per heavy atom. The van der Waals surface area contributed by atoms with E-state index < -0.39 is 0 Å². The van der Waals surface area contributed by atoms with Crippen molar-refractivity contribution >= 4 is 17.3 Å². The van der Waals surface area contributed by atoms with E-state index in [-0.39, 0.29) is 0 Å². The molecule has 0 saturated carbocycles. The minimum atomic E-state index is 0.475. The molecule has 0 saturated heterocycles. The van der Waals surface area contributed by atoms with Crippen LogP contribution in [0.1, 0.15) is 50.2 Å². The monoisotopic (exact) mass is 336 g/mol. The molecule has 23 heavy (non-hydrogen) atoms. The lowest BCUT2D eigenvalue weighted by Gasteiger charge is -2.15. The van der Waals surface area contributed by atoms with Crippen LogP contribution >= 0.6 is 11.3 Å². The maximum Gasteiger partial charge on any atom is 0.191 e. The maximum atomic E-state index is 5.33. The van der Waals surface area contributed by atoms with E-state index in [2.05, 4.69) is 52.8 Å². The first kappa shape index (κ1) is 17.9. The van der Waals surface area contributed by atoms with Gasteiger partial charge in [0.15, 0.2) is 5.96 Å². The number of nitrogens with one attached hydrogen (secondary N) is 2. The summed E-state index contributed by atoms with van der Waals surface area (Å²) in [5.74, 6) is 1.34. The third-order valence-electron chi connectivity index (χ3n) is 3.67. The van der Waals surface area contributed by atoms with Crippen LogP contribution < -0.4 is 10.6 Å². The summed E-state index contributed by atoms with van der Waals surface area (Å²) in [5, 5.41) is 9.89. The molecular weight excluding hydrogens is 308 g/mol. The number of rotatable bonds is 7. The van der Waals surface area contributed by atoms with E-state index in [0.29, 0.717) is 12.5 Å². The minimum Gasteiger partial charge on any atom is -0.377 e. The predicted molar refractivity (Wildman–Crippen MR) is 97.2 cm³/mol. The average molecular weight is 337 g/mol. The average Bonchev–Trinajstić information content (AvgIpc) is 3.03. The number of nitrogens with zero attached hydrogens (tertiary/aromatic N) is 2. The van der Waals surface area contributed by atoms with Crippen molar-refractivity contribution in [2.75, 3.05) is 26.3 Å². The topological polar surface area (TPSA) is 58.5 Å². The fourth-order valence-electron chi connectivity index (χ4n) is 2.29. The van der Waals surface area contributed by atoms with Crippen LogP contribution in [-0.2, 0) is 11.3 Å². The standard InChI is InChI=1S/C17H28N4OS/c1-4-18-17(19-8-5-14-6-9-22-10-7-14)20-11-16-21-15(12-23-16)13(2)3/h6,12-13H,4-5,7-11H2,1-3H3,(H2,18,19,20). The fourth-order valence-corrected chi connectivity index (χ4v) is 3.16. The van der Waals surface area contributed by atoms with E-state index in [4.69, 9.17) is 4.74 Å². The van der Waals surface area contributed by atoms with Gasteiger partial charge < -0.3 is 15.4 Å². The Labute approximate surface area is 143 Å². The molecule has 1 aliphatic heterocycles. The van der Waals surface area contributed by atoms with Crippen LogP contribution in [0.15, 0.2) is 22.0 Å². The van der Waals surface area contributed by atoms with Crippen LogP contribution in [0.4, 0.5) is 0 Å². The van der Waals surface area contributed by atoms with Crippen LogP contribution in [0.3, 0.4) is 0 Å². The highest BCUT2D eigenvalue weighted by Gasteiger charge is 2.06. The highest BCUT2D eigenvalue weighted by molar-refractivity contribution is 7.09. The second-order valence-electron chi connectivity index (χ2n) is 5.88. The molecule has 2 heterocycles. The van der Waals surface area contributed by atoms with Gasteiger partial charge >= 0.3 is 0 Å². The molecule has 1 aromatic rings. The molecule has 6 heteroatoms. The van der Waals surface area contributed by atoms with Gasteiger partial charge in [0.25, 0.3) is 0 Å². The van der Waals surface area contributed by atoms with Gasteiger partial charge in [-0.05, 0) is 25.7 Å². The number of hydrogen-bond acceptors (Lipinski definition) is 4. The molecule has 0 spiro atoms. The summed E-state index contributed by atoms with van der Waals surface area (Å²) in [4.78, 5) is 9.27. The van der Waals surface area contributed by atoms with Crippen molar-refractivity contribution in [1.82, 2.24) is 15.6 Å². The highest BCUT2D eigenvalue weighted by Crippen LogP contribution is 2.18. The lowest BCUT2D eigenvalue weighted by atomic mass is 10.1. The fraction of sp³-hybridized carbons (Fsp3) is 0.647. The van der Waals surface area contributed by atoms with Crippen molar-refractivity contribution in [2.45, 2.75) is 46.1 Å². The van der Waals surface area contributed by atoms with Crippen molar-refractivity contribution in [3.63, 3.8) is 0 Å². The highest BCUT2D eigenvalue weighted by atomic mass is 32.1. The van der Waals surface area contributed by atoms with Gasteiger partial charge in [-0.2, -0.15) is 0 Å². The third kappa shape index (κ3) is 6.31. The summed E-state index contributed by atoms with van der Waals surface area (Å²) in [6.07, 6.45) is 4.28. The van der Waals surface area contributed by atoms with E-state index in [1.165, 1.54) is 5.57 Å². The van der Waals surface area contributed by atoms with Crippen molar-refractivity contribution in [3.05, 3.63) is 27.7 Å². The van der Waals surface area contributed by atoms with Gasteiger partial charge in [-0.3, -0.25) is 0 Å². The zero-order chi connectivity index (χ0) is 16.5. The first-order chi connectivity index (χ1) is 11.2. The van der Waals surface area contributed by atoms with E-state index in [1.807, 2.05) is 0 Å². The number of ether oxygens (including phenoxy) is 1. The SMILES string of the molecule is CCNC(=NCc1nc(C(C)C)cs1)NCCC1=CCOCC1. The number of guanidine groups is 1. The first-order valence-electron chi connectivity index (χ1n) is 8.41. The molecule has 128 valence electrons. The van der Waals surface area contributed by atoms with E-state index in [9.17, 15) is 0 Å². The van der Waals surface area contributed by atoms with Crippen molar-refractivity contribution in [3.8, 4) is 0 Å². The van der Waals surface area contributed by atoms with E-state index >= 15 is 0 Å². The van der Waals surface area contributed by atoms with Crippen molar-refractivity contribution in [2.24, 2.45) is 4.99 Å². The quantitative estimate of drug-likeness (QED) is 0.456. The lowest BCUT2D eigenvalue weighted by molar-refractivity contribution is 0.153. The summed E-state index contributed by atoms with van der Waals surface area (Å²) in [5.41, 5.74) is 2.63. The molecule has 0 bridgehead atoms. The molecule has 1 aromatic heterocycles.